The number of nitrogens with zero attached hydrogens (tertiary/aromatic N) is 1. The zero-order chi connectivity index (χ0) is 23.7. The molecule has 1 N–H and O–H groups in total. The Kier molecular flexibility index (Phi) is 6.70. The van der Waals surface area contributed by atoms with E-state index in [2.05, 4.69) is 6.07 Å². The maximum Gasteiger partial charge on any atom is 0.336 e. The van der Waals surface area contributed by atoms with Crippen LogP contribution in [-0.2, 0) is 14.3 Å². The van der Waals surface area contributed by atoms with E-state index in [-0.39, 0.29) is 30.0 Å². The Balaban J connectivity index is 1.80. The summed E-state index contributed by atoms with van der Waals surface area (Å²) < 4.78 is 10.9. The normalized spacial score (nSPS) is 22.8. The van der Waals surface area contributed by atoms with Gasteiger partial charge in [-0.1, -0.05) is 26.0 Å². The van der Waals surface area contributed by atoms with E-state index in [1.165, 1.54) is 18.1 Å². The molecule has 2 heterocycles. The molecule has 4 rings (SSSR count). The number of carbonyl (C=O) groups is 2. The number of ketones is 1. The number of allylic oxidation sites excluding steroid dienone is 1. The van der Waals surface area contributed by atoms with Gasteiger partial charge in [-0.3, -0.25) is 9.79 Å². The second-order valence-electron chi connectivity index (χ2n) is 9.07. The first-order valence-corrected chi connectivity index (χ1v) is 12.1. The summed E-state index contributed by atoms with van der Waals surface area (Å²) in [5.74, 6) is -0.875. The van der Waals surface area contributed by atoms with Crippen molar-refractivity contribution in [2.75, 3.05) is 13.7 Å². The van der Waals surface area contributed by atoms with Crippen LogP contribution < -0.4 is 4.74 Å². The van der Waals surface area contributed by atoms with Crippen molar-refractivity contribution < 1.29 is 24.2 Å². The van der Waals surface area contributed by atoms with Gasteiger partial charge in [-0.15, -0.1) is 11.3 Å². The smallest absolute Gasteiger partial charge is 0.336 e. The first-order chi connectivity index (χ1) is 15.8. The predicted molar refractivity (Wildman–Crippen MR) is 128 cm³/mol. The lowest BCUT2D eigenvalue weighted by molar-refractivity contribution is -0.140. The topological polar surface area (TPSA) is 85.2 Å². The Hall–Kier alpha value is -2.93. The van der Waals surface area contributed by atoms with Crippen LogP contribution in [0.3, 0.4) is 0 Å². The fourth-order valence-electron chi connectivity index (χ4n) is 4.73. The molecule has 3 atom stereocenters. The third-order valence-corrected chi connectivity index (χ3v) is 7.27. The zero-order valence-electron chi connectivity index (χ0n) is 19.3. The molecule has 1 aliphatic carbocycles. The molecule has 0 amide bonds. The molecule has 0 bridgehead atoms. The van der Waals surface area contributed by atoms with Gasteiger partial charge in [-0.05, 0) is 48.4 Å². The largest absolute Gasteiger partial charge is 0.504 e. The monoisotopic (exact) mass is 467 g/mol. The molecular weight excluding hydrogens is 438 g/mol. The van der Waals surface area contributed by atoms with Crippen LogP contribution in [0.15, 0.2) is 52.0 Å². The van der Waals surface area contributed by atoms with E-state index in [0.29, 0.717) is 29.9 Å². The van der Waals surface area contributed by atoms with Crippen LogP contribution in [-0.4, -0.2) is 36.3 Å². The highest BCUT2D eigenvalue weighted by Gasteiger charge is 2.46. The van der Waals surface area contributed by atoms with Crippen molar-refractivity contribution >= 4 is 28.8 Å². The van der Waals surface area contributed by atoms with Gasteiger partial charge in [0.05, 0.1) is 25.2 Å². The van der Waals surface area contributed by atoms with Crippen molar-refractivity contribution in [2.24, 2.45) is 16.8 Å². The van der Waals surface area contributed by atoms with Gasteiger partial charge in [0.25, 0.3) is 0 Å². The van der Waals surface area contributed by atoms with Crippen molar-refractivity contribution in [1.29, 1.82) is 0 Å². The molecule has 7 heteroatoms. The lowest BCUT2D eigenvalue weighted by atomic mass is 9.67. The van der Waals surface area contributed by atoms with Gasteiger partial charge < -0.3 is 14.6 Å². The number of ether oxygens (including phenoxy) is 2. The van der Waals surface area contributed by atoms with Crippen molar-refractivity contribution in [3.63, 3.8) is 0 Å². The molecule has 1 aromatic carbocycles. The number of fused-ring (bicyclic) bond motifs is 1. The SMILES string of the molecule is COc1cc([C@H]2C(C(=O)OCC(C)C)=C(C)N=C3C[C@H](c4cccs4)CC(=O)[C@H]32)ccc1O. The number of methoxy groups -OCH3 is 1. The van der Waals surface area contributed by atoms with Gasteiger partial charge in [0.15, 0.2) is 11.5 Å². The lowest BCUT2D eigenvalue weighted by Gasteiger charge is -2.38. The summed E-state index contributed by atoms with van der Waals surface area (Å²) in [6, 6.07) is 9.04. The van der Waals surface area contributed by atoms with E-state index >= 15 is 0 Å². The van der Waals surface area contributed by atoms with Crippen LogP contribution in [0.2, 0.25) is 0 Å². The summed E-state index contributed by atoms with van der Waals surface area (Å²) in [5.41, 5.74) is 2.51. The number of carbonyl (C=O) groups excluding carboxylic acids is 2. The number of hydrogen-bond donors (Lipinski definition) is 1. The van der Waals surface area contributed by atoms with Crippen molar-refractivity contribution in [2.45, 2.75) is 45.4 Å². The number of aliphatic imine (C=N–C) groups is 1. The number of benzene rings is 1. The molecular formula is C26H29NO5S. The Morgan fingerprint density at radius 1 is 1.24 bits per heavy atom. The number of phenolic OH excluding ortho intramolecular Hbond substituents is 1. The molecule has 2 aromatic rings. The average molecular weight is 468 g/mol. The fraction of sp³-hybridized carbons (Fsp3) is 0.423. The van der Waals surface area contributed by atoms with E-state index in [9.17, 15) is 14.7 Å². The lowest BCUT2D eigenvalue weighted by Crippen LogP contribution is -2.41. The van der Waals surface area contributed by atoms with E-state index in [1.54, 1.807) is 30.4 Å². The highest BCUT2D eigenvalue weighted by Crippen LogP contribution is 2.47. The third-order valence-electron chi connectivity index (χ3n) is 6.23. The third kappa shape index (κ3) is 4.60. The minimum absolute atomic E-state index is 0.00307. The Morgan fingerprint density at radius 3 is 2.70 bits per heavy atom. The number of Topliss-reactive ketones (excluding diaryl/α,β-unsaturated/α-hetero) is 1. The summed E-state index contributed by atoms with van der Waals surface area (Å²) in [6.07, 6.45) is 1.08. The van der Waals surface area contributed by atoms with Crippen molar-refractivity contribution in [3.8, 4) is 11.5 Å². The quantitative estimate of drug-likeness (QED) is 0.588. The Bertz CT molecular complexity index is 1120. The van der Waals surface area contributed by atoms with Crippen molar-refractivity contribution in [3.05, 3.63) is 57.4 Å². The Labute approximate surface area is 198 Å². The summed E-state index contributed by atoms with van der Waals surface area (Å²) in [6.45, 7) is 6.04. The van der Waals surface area contributed by atoms with Gasteiger partial charge >= 0.3 is 5.97 Å². The van der Waals surface area contributed by atoms with Crippen LogP contribution in [0, 0.1) is 11.8 Å². The minimum Gasteiger partial charge on any atom is -0.504 e. The summed E-state index contributed by atoms with van der Waals surface area (Å²) in [4.78, 5) is 32.7. The molecule has 6 nitrogen and oxygen atoms in total. The molecule has 174 valence electrons. The second-order valence-corrected chi connectivity index (χ2v) is 10.0. The maximum atomic E-state index is 13.5. The van der Waals surface area contributed by atoms with Gasteiger partial charge in [-0.2, -0.15) is 0 Å². The fourth-order valence-corrected chi connectivity index (χ4v) is 5.56. The number of esters is 1. The summed E-state index contributed by atoms with van der Waals surface area (Å²) in [7, 11) is 1.48. The maximum absolute atomic E-state index is 13.5. The number of phenols is 1. The molecule has 0 spiro atoms. The van der Waals surface area contributed by atoms with Crippen LogP contribution in [0.1, 0.15) is 55.9 Å². The first kappa shape index (κ1) is 23.2. The highest BCUT2D eigenvalue weighted by molar-refractivity contribution is 7.10. The van der Waals surface area contributed by atoms with Crippen LogP contribution in [0.25, 0.3) is 0 Å². The van der Waals surface area contributed by atoms with Crippen LogP contribution in [0.5, 0.6) is 11.5 Å². The average Bonchev–Trinajstić information content (AvgIpc) is 3.32. The van der Waals surface area contributed by atoms with Gasteiger partial charge in [0.1, 0.15) is 5.78 Å². The zero-order valence-corrected chi connectivity index (χ0v) is 20.1. The molecule has 1 aliphatic heterocycles. The van der Waals surface area contributed by atoms with Gasteiger partial charge in [0, 0.05) is 34.5 Å². The van der Waals surface area contributed by atoms with E-state index in [0.717, 1.165) is 11.3 Å². The minimum atomic E-state index is -0.541. The van der Waals surface area contributed by atoms with Gasteiger partial charge in [0.2, 0.25) is 0 Å². The molecule has 2 aliphatic rings. The molecule has 1 saturated carbocycles. The predicted octanol–water partition coefficient (Wildman–Crippen LogP) is 5.24. The van der Waals surface area contributed by atoms with E-state index in [4.69, 9.17) is 14.5 Å². The molecule has 1 fully saturated rings. The second kappa shape index (κ2) is 9.51. The number of aromatic hydroxyl groups is 1. The van der Waals surface area contributed by atoms with Crippen molar-refractivity contribution in [1.82, 2.24) is 0 Å². The number of hydrogen-bond acceptors (Lipinski definition) is 7. The highest BCUT2D eigenvalue weighted by atomic mass is 32.1. The summed E-state index contributed by atoms with van der Waals surface area (Å²) >= 11 is 1.65. The standard InChI is InChI=1S/C26H29NO5S/c1-14(2)13-32-26(30)23-15(3)27-18-10-17(22-6-5-9-33-22)11-20(29)25(18)24(23)16-7-8-19(28)21(12-16)31-4/h5-9,12,14,17,24-25,28H,10-11,13H2,1-4H3/t17-,24-,25-/m0/s1. The molecule has 0 saturated heterocycles. The van der Waals surface area contributed by atoms with Gasteiger partial charge in [-0.25, -0.2) is 4.79 Å². The first-order valence-electron chi connectivity index (χ1n) is 11.2. The van der Waals surface area contributed by atoms with E-state index < -0.39 is 17.8 Å². The molecule has 0 unspecified atom stereocenters. The number of thiophene rings is 1. The van der Waals surface area contributed by atoms with E-state index in [1.807, 2.05) is 25.3 Å². The molecule has 1 aromatic heterocycles. The molecule has 33 heavy (non-hydrogen) atoms. The Morgan fingerprint density at radius 2 is 2.03 bits per heavy atom. The number of rotatable bonds is 6. The molecule has 0 radical (unpaired) electrons. The van der Waals surface area contributed by atoms with Crippen LogP contribution >= 0.6 is 11.3 Å². The van der Waals surface area contributed by atoms with Crippen LogP contribution in [0.4, 0.5) is 0 Å². The summed E-state index contributed by atoms with van der Waals surface area (Å²) in [5, 5.41) is 12.1.